The van der Waals surface area contributed by atoms with Crippen molar-refractivity contribution in [3.63, 3.8) is 0 Å². The lowest BCUT2D eigenvalue weighted by atomic mass is 9.59. The zero-order valence-electron chi connectivity index (χ0n) is 36.4. The summed E-state index contributed by atoms with van der Waals surface area (Å²) in [6.45, 7) is 10.2. The van der Waals surface area contributed by atoms with Crippen LogP contribution in [0.1, 0.15) is 118 Å². The van der Waals surface area contributed by atoms with E-state index in [-0.39, 0.29) is 17.1 Å². The summed E-state index contributed by atoms with van der Waals surface area (Å²) in [5.74, 6) is 1.08. The van der Waals surface area contributed by atoms with Gasteiger partial charge in [0, 0.05) is 61.1 Å². The SMILES string of the molecule is CC(C)c1ccccc1[C@H]1CCCN1C1CC2(CCN(c3ccc(C(=O)NS(=O)(=O)c4cnc(NC[C@H]5CC[C@@H](C)CC5)c([N+](=O)[O-])c4)c(Oc4cnc5[nH]ccc5c4)c3)CC2)C1. The molecule has 3 N–H and O–H groups in total. The first kappa shape index (κ1) is 42.7. The molecule has 1 spiro atoms. The molecule has 1 atom stereocenters. The van der Waals surface area contributed by atoms with Gasteiger partial charge in [-0.1, -0.05) is 57.9 Å². The normalized spacial score (nSPS) is 21.7. The number of nitrogens with zero attached hydrogens (tertiary/aromatic N) is 5. The number of benzene rings is 2. The van der Waals surface area contributed by atoms with Crippen molar-refractivity contribution in [3.05, 3.63) is 106 Å². The molecule has 2 saturated heterocycles. The highest BCUT2D eigenvalue weighted by molar-refractivity contribution is 7.90. The molecule has 9 rings (SSSR count). The molecule has 4 aliphatic rings. The van der Waals surface area contributed by atoms with Crippen molar-refractivity contribution in [3.8, 4) is 11.5 Å². The Morgan fingerprint density at radius 2 is 1.76 bits per heavy atom. The van der Waals surface area contributed by atoms with Gasteiger partial charge in [-0.2, -0.15) is 0 Å². The third-order valence-electron chi connectivity index (χ3n) is 14.3. The van der Waals surface area contributed by atoms with Crippen molar-refractivity contribution in [2.75, 3.05) is 36.4 Å². The minimum atomic E-state index is -4.59. The van der Waals surface area contributed by atoms with Crippen molar-refractivity contribution in [1.29, 1.82) is 0 Å². The average Bonchev–Trinajstić information content (AvgIpc) is 3.95. The number of hydrogen-bond acceptors (Lipinski definition) is 11. The summed E-state index contributed by atoms with van der Waals surface area (Å²) in [5, 5.41) is 16.0. The van der Waals surface area contributed by atoms with Crippen LogP contribution in [0.3, 0.4) is 0 Å². The highest BCUT2D eigenvalue weighted by Crippen LogP contribution is 2.54. The van der Waals surface area contributed by atoms with E-state index in [0.29, 0.717) is 53.2 Å². The van der Waals surface area contributed by atoms with Crippen LogP contribution in [-0.2, 0) is 10.0 Å². The summed E-state index contributed by atoms with van der Waals surface area (Å²) in [6.07, 6.45) is 15.5. The number of anilines is 2. The molecule has 14 nitrogen and oxygen atoms in total. The van der Waals surface area contributed by atoms with Crippen LogP contribution in [0.15, 0.2) is 84.1 Å². The summed E-state index contributed by atoms with van der Waals surface area (Å²) < 4.78 is 35.9. The Morgan fingerprint density at radius 1 is 0.984 bits per heavy atom. The second-order valence-electron chi connectivity index (χ2n) is 18.8. The number of carbonyl (C=O) groups excluding carboxylic acids is 1. The molecule has 5 aromatic rings. The summed E-state index contributed by atoms with van der Waals surface area (Å²) in [6, 6.07) is 19.8. The number of fused-ring (bicyclic) bond motifs is 1. The number of hydrogen-bond donors (Lipinski definition) is 3. The van der Waals surface area contributed by atoms with Gasteiger partial charge in [-0.25, -0.2) is 23.1 Å². The molecule has 2 saturated carbocycles. The highest BCUT2D eigenvalue weighted by Gasteiger charge is 2.50. The molecule has 332 valence electrons. The predicted molar refractivity (Wildman–Crippen MR) is 244 cm³/mol. The fourth-order valence-corrected chi connectivity index (χ4v) is 11.6. The van der Waals surface area contributed by atoms with Crippen LogP contribution >= 0.6 is 0 Å². The van der Waals surface area contributed by atoms with Crippen molar-refractivity contribution < 1.29 is 22.9 Å². The van der Waals surface area contributed by atoms with Gasteiger partial charge in [0.1, 0.15) is 22.0 Å². The average molecular weight is 875 g/mol. The van der Waals surface area contributed by atoms with E-state index in [2.05, 4.69) is 79.8 Å². The summed E-state index contributed by atoms with van der Waals surface area (Å²) in [5.41, 5.74) is 4.31. The van der Waals surface area contributed by atoms with E-state index < -0.39 is 31.4 Å². The molecule has 2 aromatic carbocycles. The molecule has 0 radical (unpaired) electrons. The third-order valence-corrected chi connectivity index (χ3v) is 15.6. The second kappa shape index (κ2) is 17.6. The number of carbonyl (C=O) groups is 1. The van der Waals surface area contributed by atoms with Crippen LogP contribution in [0.5, 0.6) is 11.5 Å². The lowest BCUT2D eigenvalue weighted by molar-refractivity contribution is -0.384. The van der Waals surface area contributed by atoms with E-state index in [0.717, 1.165) is 81.5 Å². The first-order valence-corrected chi connectivity index (χ1v) is 24.1. The molecule has 2 aliphatic carbocycles. The third kappa shape index (κ3) is 8.99. The molecule has 0 unspecified atom stereocenters. The van der Waals surface area contributed by atoms with Gasteiger partial charge in [0.2, 0.25) is 5.82 Å². The second-order valence-corrected chi connectivity index (χ2v) is 20.5. The first-order chi connectivity index (χ1) is 30.3. The van der Waals surface area contributed by atoms with E-state index in [1.807, 2.05) is 12.1 Å². The first-order valence-electron chi connectivity index (χ1n) is 22.6. The van der Waals surface area contributed by atoms with Gasteiger partial charge in [-0.3, -0.25) is 19.8 Å². The maximum Gasteiger partial charge on any atom is 0.312 e. The van der Waals surface area contributed by atoms with Gasteiger partial charge in [0.15, 0.2) is 0 Å². The van der Waals surface area contributed by atoms with Gasteiger partial charge < -0.3 is 19.9 Å². The Labute approximate surface area is 369 Å². The van der Waals surface area contributed by atoms with Crippen molar-refractivity contribution in [2.24, 2.45) is 17.3 Å². The number of nitrogens with one attached hydrogen (secondary N) is 3. The number of aromatic nitrogens is 3. The lowest BCUT2D eigenvalue weighted by Crippen LogP contribution is -2.54. The van der Waals surface area contributed by atoms with E-state index in [9.17, 15) is 23.3 Å². The van der Waals surface area contributed by atoms with E-state index in [1.165, 1.54) is 36.8 Å². The number of amides is 1. The number of rotatable bonds is 13. The van der Waals surface area contributed by atoms with Gasteiger partial charge >= 0.3 is 5.69 Å². The Morgan fingerprint density at radius 3 is 2.52 bits per heavy atom. The number of likely N-dealkylation sites (tertiary alicyclic amines) is 1. The zero-order valence-corrected chi connectivity index (χ0v) is 37.2. The smallest absolute Gasteiger partial charge is 0.312 e. The molecule has 3 aromatic heterocycles. The number of piperidine rings is 1. The Kier molecular flexibility index (Phi) is 11.9. The van der Waals surface area contributed by atoms with Crippen LogP contribution in [0, 0.1) is 27.4 Å². The van der Waals surface area contributed by atoms with Crippen LogP contribution in [0.25, 0.3) is 11.0 Å². The molecule has 4 fully saturated rings. The van der Waals surface area contributed by atoms with Crippen molar-refractivity contribution in [2.45, 2.75) is 108 Å². The monoisotopic (exact) mass is 874 g/mol. The maximum absolute atomic E-state index is 14.0. The summed E-state index contributed by atoms with van der Waals surface area (Å²) in [4.78, 5) is 41.6. The molecule has 1 amide bonds. The molecule has 63 heavy (non-hydrogen) atoms. The van der Waals surface area contributed by atoms with Gasteiger partial charge in [-0.05, 0) is 116 Å². The molecule has 0 bridgehead atoms. The van der Waals surface area contributed by atoms with E-state index >= 15 is 0 Å². The zero-order chi connectivity index (χ0) is 43.9. The fraction of sp³-hybridized carbons (Fsp3) is 0.479. The molecule has 15 heteroatoms. The van der Waals surface area contributed by atoms with Crippen LogP contribution in [0.4, 0.5) is 17.2 Å². The topological polar surface area (TPSA) is 176 Å². The minimum Gasteiger partial charge on any atom is -0.455 e. The Bertz CT molecular complexity index is 2590. The molecular weight excluding hydrogens is 817 g/mol. The van der Waals surface area contributed by atoms with Gasteiger partial charge in [0.05, 0.1) is 22.9 Å². The Hall–Kier alpha value is -5.54. The molecule has 5 heterocycles. The van der Waals surface area contributed by atoms with Gasteiger partial charge in [-0.15, -0.1) is 0 Å². The number of pyridine rings is 2. The van der Waals surface area contributed by atoms with Crippen molar-refractivity contribution >= 4 is 44.2 Å². The number of aromatic amines is 1. The molecular formula is C48H58N8O6S. The maximum atomic E-state index is 14.0. The van der Waals surface area contributed by atoms with Crippen LogP contribution < -0.4 is 19.7 Å². The van der Waals surface area contributed by atoms with E-state index in [1.54, 1.807) is 30.6 Å². The van der Waals surface area contributed by atoms with Gasteiger partial charge in [0.25, 0.3) is 15.9 Å². The fourth-order valence-electron chi connectivity index (χ4n) is 10.7. The van der Waals surface area contributed by atoms with Crippen molar-refractivity contribution in [1.82, 2.24) is 24.6 Å². The van der Waals surface area contributed by atoms with Crippen LogP contribution in [0.2, 0.25) is 0 Å². The highest BCUT2D eigenvalue weighted by atomic mass is 32.2. The number of H-pyrrole nitrogens is 1. The number of sulfonamides is 1. The largest absolute Gasteiger partial charge is 0.455 e. The summed E-state index contributed by atoms with van der Waals surface area (Å²) in [7, 11) is -4.59. The minimum absolute atomic E-state index is 0.00702. The van der Waals surface area contributed by atoms with Crippen LogP contribution in [-0.4, -0.2) is 71.3 Å². The number of ether oxygens (including phenoxy) is 1. The number of nitro groups is 1. The Balaban J connectivity index is 0.899. The molecule has 2 aliphatic heterocycles. The standard InChI is InChI=1S/C48H58N8O6S/c1-31(2)39-7-4-5-8-40(39)42-9-6-20-55(42)36-26-48(27-36)17-21-54(22-18-48)35-14-15-41(44(24-35)62-37-23-34-16-19-49-45(34)51-29-37)47(57)53-63(60,61)38-25-43(56(58)59)46(52-30-38)50-28-33-12-10-32(3)11-13-33/h4-5,7-8,14-16,19,23-25,29-33,36,42H,6,9-13,17-18,20-22,26-28H2,1-3H3,(H,49,51)(H,50,52)(H,53,57)/t32-,33+,42-/m1/s1. The quantitative estimate of drug-likeness (QED) is 0.0759. The van der Waals surface area contributed by atoms with E-state index in [4.69, 9.17) is 4.74 Å². The lowest BCUT2D eigenvalue weighted by Gasteiger charge is -2.56. The summed E-state index contributed by atoms with van der Waals surface area (Å²) >= 11 is 0. The predicted octanol–water partition coefficient (Wildman–Crippen LogP) is 9.72.